The fraction of sp³-hybridized carbons (Fsp3) is 0.292. The van der Waals surface area contributed by atoms with Gasteiger partial charge in [0.1, 0.15) is 5.75 Å². The van der Waals surface area contributed by atoms with Gasteiger partial charge in [0.15, 0.2) is 6.10 Å². The summed E-state index contributed by atoms with van der Waals surface area (Å²) in [6, 6.07) is 23.0. The van der Waals surface area contributed by atoms with Gasteiger partial charge in [-0.2, -0.15) is 0 Å². The van der Waals surface area contributed by atoms with Crippen LogP contribution in [0.4, 0.5) is 0 Å². The molecule has 1 atom stereocenters. The molecule has 4 heteroatoms. The third-order valence-corrected chi connectivity index (χ3v) is 5.88. The van der Waals surface area contributed by atoms with Crippen LogP contribution in [0, 0.1) is 0 Å². The van der Waals surface area contributed by atoms with E-state index in [2.05, 4.69) is 47.4 Å². The van der Waals surface area contributed by atoms with Crippen LogP contribution in [0.15, 0.2) is 66.7 Å². The number of benzene rings is 3. The predicted molar refractivity (Wildman–Crippen MR) is 110 cm³/mol. The SMILES string of the molecule is O=C(C1Cc2ccccc2O1)N1CCN(Cc2cccc3ccccc23)CC1. The summed E-state index contributed by atoms with van der Waals surface area (Å²) in [7, 11) is 0. The lowest BCUT2D eigenvalue weighted by Crippen LogP contribution is -2.51. The number of ether oxygens (including phenoxy) is 1. The van der Waals surface area contributed by atoms with Gasteiger partial charge < -0.3 is 9.64 Å². The molecular weight excluding hydrogens is 348 g/mol. The molecule has 5 rings (SSSR count). The van der Waals surface area contributed by atoms with Gasteiger partial charge in [-0.05, 0) is 28.0 Å². The van der Waals surface area contributed by atoms with Crippen molar-refractivity contribution in [2.24, 2.45) is 0 Å². The van der Waals surface area contributed by atoms with Crippen molar-refractivity contribution in [3.05, 3.63) is 77.9 Å². The molecule has 1 fully saturated rings. The first-order valence-electron chi connectivity index (χ1n) is 10.0. The minimum absolute atomic E-state index is 0.126. The van der Waals surface area contributed by atoms with Crippen LogP contribution in [0.1, 0.15) is 11.1 Å². The first-order chi connectivity index (χ1) is 13.8. The smallest absolute Gasteiger partial charge is 0.264 e. The summed E-state index contributed by atoms with van der Waals surface area (Å²) in [5.74, 6) is 0.983. The maximum atomic E-state index is 12.9. The van der Waals surface area contributed by atoms with E-state index in [1.165, 1.54) is 16.3 Å². The second-order valence-corrected chi connectivity index (χ2v) is 7.66. The molecule has 0 N–H and O–H groups in total. The van der Waals surface area contributed by atoms with E-state index in [9.17, 15) is 4.79 Å². The highest BCUT2D eigenvalue weighted by molar-refractivity contribution is 5.85. The van der Waals surface area contributed by atoms with E-state index in [0.29, 0.717) is 6.42 Å². The van der Waals surface area contributed by atoms with Gasteiger partial charge in [-0.1, -0.05) is 60.7 Å². The Kier molecular flexibility index (Phi) is 4.49. The molecule has 28 heavy (non-hydrogen) atoms. The molecule has 3 aromatic rings. The van der Waals surface area contributed by atoms with E-state index in [0.717, 1.165) is 44.0 Å². The highest BCUT2D eigenvalue weighted by atomic mass is 16.5. The van der Waals surface area contributed by atoms with Crippen molar-refractivity contribution in [2.75, 3.05) is 26.2 Å². The summed E-state index contributed by atoms with van der Waals surface area (Å²) in [4.78, 5) is 17.3. The molecule has 2 aliphatic heterocycles. The largest absolute Gasteiger partial charge is 0.480 e. The normalized spacial score (nSPS) is 19.4. The van der Waals surface area contributed by atoms with Crippen molar-refractivity contribution in [1.82, 2.24) is 9.80 Å². The summed E-state index contributed by atoms with van der Waals surface area (Å²) in [5, 5.41) is 2.60. The quantitative estimate of drug-likeness (QED) is 0.706. The predicted octanol–water partition coefficient (Wildman–Crippen LogP) is 3.49. The number of piperazine rings is 1. The van der Waals surface area contributed by atoms with Gasteiger partial charge in [-0.15, -0.1) is 0 Å². The van der Waals surface area contributed by atoms with Crippen molar-refractivity contribution in [2.45, 2.75) is 19.1 Å². The molecule has 142 valence electrons. The van der Waals surface area contributed by atoms with Crippen molar-refractivity contribution in [3.63, 3.8) is 0 Å². The van der Waals surface area contributed by atoms with Crippen LogP contribution >= 0.6 is 0 Å². The number of carbonyl (C=O) groups is 1. The number of hydrogen-bond donors (Lipinski definition) is 0. The summed E-state index contributed by atoms with van der Waals surface area (Å²) in [5.41, 5.74) is 2.49. The zero-order valence-electron chi connectivity index (χ0n) is 15.9. The number of carbonyl (C=O) groups excluding carboxylic acids is 1. The molecule has 3 aromatic carbocycles. The van der Waals surface area contributed by atoms with Crippen LogP contribution in [0.3, 0.4) is 0 Å². The van der Waals surface area contributed by atoms with Gasteiger partial charge in [0, 0.05) is 39.1 Å². The summed E-state index contributed by atoms with van der Waals surface area (Å²) in [6.07, 6.45) is 0.326. The minimum atomic E-state index is -0.359. The number of fused-ring (bicyclic) bond motifs is 2. The number of nitrogens with zero attached hydrogens (tertiary/aromatic N) is 2. The zero-order chi connectivity index (χ0) is 18.9. The van der Waals surface area contributed by atoms with Gasteiger partial charge in [0.2, 0.25) is 0 Å². The highest BCUT2D eigenvalue weighted by Crippen LogP contribution is 2.29. The van der Waals surface area contributed by atoms with E-state index in [1.807, 2.05) is 29.2 Å². The third kappa shape index (κ3) is 3.25. The fourth-order valence-electron chi connectivity index (χ4n) is 4.32. The minimum Gasteiger partial charge on any atom is -0.480 e. The maximum absolute atomic E-state index is 12.9. The number of amides is 1. The molecule has 1 amide bonds. The van der Waals surface area contributed by atoms with E-state index in [1.54, 1.807) is 0 Å². The Balaban J connectivity index is 1.20. The first kappa shape index (κ1) is 17.3. The average Bonchev–Trinajstić information content (AvgIpc) is 3.18. The van der Waals surface area contributed by atoms with Gasteiger partial charge in [-0.3, -0.25) is 9.69 Å². The monoisotopic (exact) mass is 372 g/mol. The standard InChI is InChI=1S/C24H24N2O2/c27-24(23-16-19-7-2-4-11-22(19)28-23)26-14-12-25(13-15-26)17-20-9-5-8-18-6-1-3-10-21(18)20/h1-11,23H,12-17H2. The molecular formula is C24H24N2O2. The van der Waals surface area contributed by atoms with Crippen molar-refractivity contribution in [3.8, 4) is 5.75 Å². The second kappa shape index (κ2) is 7.28. The van der Waals surface area contributed by atoms with E-state index >= 15 is 0 Å². The van der Waals surface area contributed by atoms with Crippen molar-refractivity contribution < 1.29 is 9.53 Å². The Morgan fingerprint density at radius 1 is 0.893 bits per heavy atom. The molecule has 2 heterocycles. The lowest BCUT2D eigenvalue weighted by Gasteiger charge is -2.35. The highest BCUT2D eigenvalue weighted by Gasteiger charge is 2.33. The number of rotatable bonds is 3. The maximum Gasteiger partial charge on any atom is 0.264 e. The average molecular weight is 372 g/mol. The zero-order valence-corrected chi connectivity index (χ0v) is 15.9. The molecule has 0 saturated carbocycles. The molecule has 0 radical (unpaired) electrons. The summed E-state index contributed by atoms with van der Waals surface area (Å²) in [6.45, 7) is 4.25. The van der Waals surface area contributed by atoms with Crippen LogP contribution in [-0.4, -0.2) is 48.0 Å². The topological polar surface area (TPSA) is 32.8 Å². The van der Waals surface area contributed by atoms with E-state index in [4.69, 9.17) is 4.74 Å². The molecule has 0 aliphatic carbocycles. The first-order valence-corrected chi connectivity index (χ1v) is 10.0. The van der Waals surface area contributed by atoms with E-state index < -0.39 is 0 Å². The van der Waals surface area contributed by atoms with E-state index in [-0.39, 0.29) is 12.0 Å². The third-order valence-electron chi connectivity index (χ3n) is 5.88. The van der Waals surface area contributed by atoms with Crippen LogP contribution in [0.5, 0.6) is 5.75 Å². The Hall–Kier alpha value is -2.85. The Bertz CT molecular complexity index is 978. The lowest BCUT2D eigenvalue weighted by atomic mass is 10.0. The molecule has 0 aromatic heterocycles. The van der Waals surface area contributed by atoms with Crippen LogP contribution < -0.4 is 4.74 Å². The molecule has 0 bridgehead atoms. The van der Waals surface area contributed by atoms with Crippen LogP contribution in [-0.2, 0) is 17.8 Å². The molecule has 1 unspecified atom stereocenters. The van der Waals surface area contributed by atoms with Crippen LogP contribution in [0.25, 0.3) is 10.8 Å². The summed E-state index contributed by atoms with van der Waals surface area (Å²) >= 11 is 0. The molecule has 2 aliphatic rings. The molecule has 4 nitrogen and oxygen atoms in total. The van der Waals surface area contributed by atoms with Gasteiger partial charge >= 0.3 is 0 Å². The summed E-state index contributed by atoms with van der Waals surface area (Å²) < 4.78 is 5.89. The Labute approximate surface area is 165 Å². The number of para-hydroxylation sites is 1. The Morgan fingerprint density at radius 3 is 2.50 bits per heavy atom. The van der Waals surface area contributed by atoms with Crippen molar-refractivity contribution in [1.29, 1.82) is 0 Å². The van der Waals surface area contributed by atoms with Gasteiger partial charge in [-0.25, -0.2) is 0 Å². The van der Waals surface area contributed by atoms with Crippen LogP contribution in [0.2, 0.25) is 0 Å². The van der Waals surface area contributed by atoms with Gasteiger partial charge in [0.25, 0.3) is 5.91 Å². The van der Waals surface area contributed by atoms with Gasteiger partial charge in [0.05, 0.1) is 0 Å². The second-order valence-electron chi connectivity index (χ2n) is 7.66. The lowest BCUT2D eigenvalue weighted by molar-refractivity contribution is -0.139. The fourth-order valence-corrected chi connectivity index (χ4v) is 4.32. The Morgan fingerprint density at radius 2 is 1.64 bits per heavy atom. The molecule has 0 spiro atoms. The molecule has 1 saturated heterocycles. The number of hydrogen-bond acceptors (Lipinski definition) is 3. The van der Waals surface area contributed by atoms with Crippen molar-refractivity contribution >= 4 is 16.7 Å².